The van der Waals surface area contributed by atoms with Gasteiger partial charge in [-0.05, 0) is 20.8 Å². The Balaban J connectivity index is -0.000000108. The fourth-order valence-corrected chi connectivity index (χ4v) is 0.610. The van der Waals surface area contributed by atoms with E-state index in [4.69, 9.17) is 0 Å². The molecule has 0 N–H and O–H groups in total. The summed E-state index contributed by atoms with van der Waals surface area (Å²) in [5.41, 5.74) is 0. The summed E-state index contributed by atoms with van der Waals surface area (Å²) in [5, 5.41) is 28.4. The summed E-state index contributed by atoms with van der Waals surface area (Å²) < 4.78 is 0. The van der Waals surface area contributed by atoms with E-state index in [1.165, 1.54) is 20.8 Å². The maximum atomic E-state index is 9.83. The zero-order chi connectivity index (χ0) is 17.6. The number of carbonyl (C=O) groups excluding carboxylic acids is 6. The molecule has 0 saturated carbocycles. The van der Waals surface area contributed by atoms with Crippen LogP contribution in [0.3, 0.4) is 0 Å². The average molecular weight is 373 g/mol. The Hall–Kier alpha value is -1.94. The molecular formula is C12H15GaO9. The van der Waals surface area contributed by atoms with Crippen molar-refractivity contribution in [1.29, 1.82) is 0 Å². The molecule has 0 aliphatic carbocycles. The van der Waals surface area contributed by atoms with Crippen LogP contribution in [0.25, 0.3) is 0 Å². The van der Waals surface area contributed by atoms with Gasteiger partial charge in [-0.1, -0.05) is 0 Å². The first-order valence-corrected chi connectivity index (χ1v) is 5.46. The molecule has 0 heterocycles. The van der Waals surface area contributed by atoms with Gasteiger partial charge >= 0.3 is 19.8 Å². The monoisotopic (exact) mass is 372 g/mol. The molecule has 0 fully saturated rings. The number of hydrogen-bond donors (Lipinski definition) is 0. The maximum Gasteiger partial charge on any atom is 3.00 e. The van der Waals surface area contributed by atoms with E-state index >= 15 is 0 Å². The van der Waals surface area contributed by atoms with Crippen molar-refractivity contribution in [2.45, 2.75) is 40.0 Å². The Morgan fingerprint density at radius 2 is 0.682 bits per heavy atom. The van der Waals surface area contributed by atoms with Crippen LogP contribution in [0, 0.1) is 0 Å². The van der Waals surface area contributed by atoms with Gasteiger partial charge < -0.3 is 29.7 Å². The molecule has 0 aliphatic rings. The van der Waals surface area contributed by atoms with Crippen LogP contribution in [0.2, 0.25) is 0 Å². The molecule has 0 aromatic carbocycles. The van der Waals surface area contributed by atoms with E-state index in [-0.39, 0.29) is 37.1 Å². The average Bonchev–Trinajstić information content (AvgIpc) is 2.10. The summed E-state index contributed by atoms with van der Waals surface area (Å²) in [4.78, 5) is 57.9. The SMILES string of the molecule is CC(=O)CC(=O)[O-].CC(=O)CC(=O)[O-].CC(=O)CC(=O)[O-].[Ga+3]. The van der Waals surface area contributed by atoms with Gasteiger partial charge in [-0.25, -0.2) is 0 Å². The van der Waals surface area contributed by atoms with Crippen molar-refractivity contribution in [3.63, 3.8) is 0 Å². The molecule has 10 heteroatoms. The first kappa shape index (κ1) is 28.3. The van der Waals surface area contributed by atoms with Crippen molar-refractivity contribution < 1.29 is 44.1 Å². The van der Waals surface area contributed by atoms with E-state index in [9.17, 15) is 44.1 Å². The van der Waals surface area contributed by atoms with Gasteiger partial charge in [0.25, 0.3) is 0 Å². The molecule has 0 amide bonds. The zero-order valence-corrected chi connectivity index (χ0v) is 14.8. The van der Waals surface area contributed by atoms with Crippen molar-refractivity contribution in [3.05, 3.63) is 0 Å². The van der Waals surface area contributed by atoms with Crippen molar-refractivity contribution >= 4 is 55.0 Å². The van der Waals surface area contributed by atoms with Crippen LogP contribution in [0.4, 0.5) is 0 Å². The third kappa shape index (κ3) is 51.9. The number of carboxylic acids is 3. The summed E-state index contributed by atoms with van der Waals surface area (Å²) >= 11 is 0. The minimum absolute atomic E-state index is 0. The first-order chi connectivity index (χ1) is 9.38. The predicted octanol–water partition coefficient (Wildman–Crippen LogP) is -4.23. The van der Waals surface area contributed by atoms with Crippen LogP contribution >= 0.6 is 0 Å². The number of aliphatic carboxylic acids is 3. The summed E-state index contributed by atoms with van der Waals surface area (Å²) in [6.07, 6.45) is -1.42. The van der Waals surface area contributed by atoms with Gasteiger partial charge in [0, 0.05) is 37.2 Å². The molecule has 0 rings (SSSR count). The smallest absolute Gasteiger partial charge is 0.550 e. The number of carbonyl (C=O) groups is 6. The molecule has 0 saturated heterocycles. The van der Waals surface area contributed by atoms with Gasteiger partial charge in [0.15, 0.2) is 0 Å². The summed E-state index contributed by atoms with van der Waals surface area (Å²) in [5.74, 6) is -5.06. The molecule has 0 bridgehead atoms. The van der Waals surface area contributed by atoms with E-state index in [0.717, 1.165) is 0 Å². The number of Topliss-reactive ketones (excluding diaryl/α,β-unsaturated/α-hetero) is 3. The minimum Gasteiger partial charge on any atom is -0.550 e. The van der Waals surface area contributed by atoms with Crippen molar-refractivity contribution in [2.75, 3.05) is 0 Å². The minimum atomic E-state index is -1.31. The third-order valence-corrected chi connectivity index (χ3v) is 1.18. The fourth-order valence-electron chi connectivity index (χ4n) is 0.610. The maximum absolute atomic E-state index is 9.83. The Morgan fingerprint density at radius 1 is 0.545 bits per heavy atom. The molecule has 0 radical (unpaired) electrons. The Kier molecular flexibility index (Phi) is 22.0. The molecule has 0 atom stereocenters. The summed E-state index contributed by atoms with van der Waals surface area (Å²) in [7, 11) is 0. The van der Waals surface area contributed by atoms with E-state index in [1.54, 1.807) is 0 Å². The Labute approximate surface area is 139 Å². The van der Waals surface area contributed by atoms with Crippen LogP contribution in [-0.2, 0) is 28.8 Å². The predicted molar refractivity (Wildman–Crippen MR) is 66.7 cm³/mol. The van der Waals surface area contributed by atoms with Crippen molar-refractivity contribution in [3.8, 4) is 0 Å². The van der Waals surface area contributed by atoms with Crippen LogP contribution in [0.1, 0.15) is 40.0 Å². The van der Waals surface area contributed by atoms with Gasteiger partial charge in [-0.15, -0.1) is 0 Å². The number of hydrogen-bond acceptors (Lipinski definition) is 9. The van der Waals surface area contributed by atoms with E-state index < -0.39 is 37.2 Å². The van der Waals surface area contributed by atoms with Crippen LogP contribution in [-0.4, -0.2) is 55.0 Å². The molecule has 22 heavy (non-hydrogen) atoms. The van der Waals surface area contributed by atoms with E-state index in [2.05, 4.69) is 0 Å². The van der Waals surface area contributed by atoms with Crippen LogP contribution < -0.4 is 15.3 Å². The summed E-state index contributed by atoms with van der Waals surface area (Å²) in [6, 6.07) is 0. The molecule has 0 aromatic rings. The van der Waals surface area contributed by atoms with Gasteiger partial charge in [-0.2, -0.15) is 0 Å². The standard InChI is InChI=1S/3C4H6O3.Ga/c3*1-3(5)2-4(6)7;/h3*2H2,1H3,(H,6,7);/q;;;+3/p-3. The number of ketones is 3. The second-order valence-electron chi connectivity index (χ2n) is 3.75. The normalized spacial score (nSPS) is 7.77. The molecular weight excluding hydrogens is 358 g/mol. The van der Waals surface area contributed by atoms with Gasteiger partial charge in [0.05, 0.1) is 0 Å². The van der Waals surface area contributed by atoms with Crippen LogP contribution in [0.15, 0.2) is 0 Å². The third-order valence-electron chi connectivity index (χ3n) is 1.18. The zero-order valence-electron chi connectivity index (χ0n) is 12.4. The quantitative estimate of drug-likeness (QED) is 0.330. The fraction of sp³-hybridized carbons (Fsp3) is 0.500. The second kappa shape index (κ2) is 17.1. The van der Waals surface area contributed by atoms with Gasteiger partial charge in [-0.3, -0.25) is 14.4 Å². The van der Waals surface area contributed by atoms with Crippen LogP contribution in [0.5, 0.6) is 0 Å². The Morgan fingerprint density at radius 3 is 0.682 bits per heavy atom. The van der Waals surface area contributed by atoms with Crippen molar-refractivity contribution in [2.24, 2.45) is 0 Å². The second-order valence-corrected chi connectivity index (χ2v) is 3.75. The summed E-state index contributed by atoms with van der Waals surface area (Å²) in [6.45, 7) is 3.61. The van der Waals surface area contributed by atoms with Gasteiger partial charge in [0.1, 0.15) is 17.3 Å². The van der Waals surface area contributed by atoms with Gasteiger partial charge in [0.2, 0.25) is 0 Å². The molecule has 0 aliphatic heterocycles. The largest absolute Gasteiger partial charge is 3.00 e. The molecule has 0 aromatic heterocycles. The first-order valence-electron chi connectivity index (χ1n) is 5.46. The molecule has 0 unspecified atom stereocenters. The Bertz CT molecular complexity index is 317. The molecule has 0 spiro atoms. The van der Waals surface area contributed by atoms with E-state index in [0.29, 0.717) is 0 Å². The number of carboxylic acid groups (broad SMARTS) is 3. The molecule has 120 valence electrons. The molecule has 9 nitrogen and oxygen atoms in total. The number of rotatable bonds is 6. The topological polar surface area (TPSA) is 172 Å². The van der Waals surface area contributed by atoms with E-state index in [1.807, 2.05) is 0 Å². The van der Waals surface area contributed by atoms with Crippen molar-refractivity contribution in [1.82, 2.24) is 0 Å².